The highest BCUT2D eigenvalue weighted by Gasteiger charge is 2.12. The molecule has 1 aromatic carbocycles. The number of carbonyl (C=O) groups is 2. The van der Waals surface area contributed by atoms with Crippen molar-refractivity contribution in [1.82, 2.24) is 5.32 Å². The van der Waals surface area contributed by atoms with E-state index in [-0.39, 0.29) is 12.5 Å². The van der Waals surface area contributed by atoms with E-state index in [1.54, 1.807) is 23.5 Å². The molecular formula is C19H21NO6S. The first-order chi connectivity index (χ1) is 13.1. The molecule has 1 heterocycles. The van der Waals surface area contributed by atoms with Gasteiger partial charge in [-0.15, -0.1) is 11.3 Å². The van der Waals surface area contributed by atoms with Gasteiger partial charge in [0.1, 0.15) is 0 Å². The van der Waals surface area contributed by atoms with E-state index < -0.39 is 5.97 Å². The van der Waals surface area contributed by atoms with Gasteiger partial charge in [-0.05, 0) is 35.2 Å². The van der Waals surface area contributed by atoms with Gasteiger partial charge in [0.05, 0.1) is 27.9 Å². The van der Waals surface area contributed by atoms with Crippen LogP contribution in [0, 0.1) is 0 Å². The molecule has 27 heavy (non-hydrogen) atoms. The second kappa shape index (κ2) is 10.2. The molecule has 2 rings (SSSR count). The molecule has 0 saturated carbocycles. The first-order valence-corrected chi connectivity index (χ1v) is 8.89. The summed E-state index contributed by atoms with van der Waals surface area (Å²) in [5.41, 5.74) is 0.656. The SMILES string of the molecule is COc1cc(/C=C/C(=O)OCC(=O)NCc2cccs2)cc(OC)c1OC. The van der Waals surface area contributed by atoms with Crippen LogP contribution < -0.4 is 19.5 Å². The highest BCUT2D eigenvalue weighted by atomic mass is 32.1. The number of thiophene rings is 1. The lowest BCUT2D eigenvalue weighted by Crippen LogP contribution is -2.27. The Kier molecular flexibility index (Phi) is 7.69. The van der Waals surface area contributed by atoms with Gasteiger partial charge in [-0.3, -0.25) is 4.79 Å². The summed E-state index contributed by atoms with van der Waals surface area (Å²) in [6.45, 7) is 0.0686. The summed E-state index contributed by atoms with van der Waals surface area (Å²) in [6, 6.07) is 7.20. The normalized spacial score (nSPS) is 10.5. The zero-order valence-electron chi connectivity index (χ0n) is 15.3. The second-order valence-corrected chi connectivity index (χ2v) is 6.29. The number of methoxy groups -OCH3 is 3. The van der Waals surface area contributed by atoms with Crippen molar-refractivity contribution in [2.45, 2.75) is 6.54 Å². The average molecular weight is 391 g/mol. The topological polar surface area (TPSA) is 83.1 Å². The van der Waals surface area contributed by atoms with Crippen LogP contribution in [0.4, 0.5) is 0 Å². The van der Waals surface area contributed by atoms with Crippen molar-refractivity contribution in [1.29, 1.82) is 0 Å². The lowest BCUT2D eigenvalue weighted by atomic mass is 10.1. The molecule has 1 amide bonds. The second-order valence-electron chi connectivity index (χ2n) is 5.26. The number of amides is 1. The lowest BCUT2D eigenvalue weighted by Gasteiger charge is -2.12. The Bertz CT molecular complexity index is 776. The fraction of sp³-hybridized carbons (Fsp3) is 0.263. The number of esters is 1. The first kappa shape index (κ1) is 20.3. The van der Waals surface area contributed by atoms with Crippen molar-refractivity contribution in [2.24, 2.45) is 0 Å². The van der Waals surface area contributed by atoms with Crippen LogP contribution in [-0.4, -0.2) is 39.8 Å². The Balaban J connectivity index is 1.89. The van der Waals surface area contributed by atoms with Gasteiger partial charge in [0.15, 0.2) is 18.1 Å². The number of rotatable bonds is 9. The van der Waals surface area contributed by atoms with E-state index in [1.807, 2.05) is 17.5 Å². The van der Waals surface area contributed by atoms with Crippen molar-refractivity contribution in [3.63, 3.8) is 0 Å². The van der Waals surface area contributed by atoms with Crippen LogP contribution in [0.15, 0.2) is 35.7 Å². The minimum atomic E-state index is -0.630. The maximum atomic E-state index is 11.8. The molecule has 0 radical (unpaired) electrons. The Morgan fingerprint density at radius 1 is 1.11 bits per heavy atom. The molecule has 144 valence electrons. The number of hydrogen-bond donors (Lipinski definition) is 1. The molecule has 0 aliphatic carbocycles. The van der Waals surface area contributed by atoms with Gasteiger partial charge >= 0.3 is 5.97 Å². The summed E-state index contributed by atoms with van der Waals surface area (Å²) in [7, 11) is 4.53. The van der Waals surface area contributed by atoms with E-state index in [4.69, 9.17) is 18.9 Å². The predicted octanol–water partition coefficient (Wildman–Crippen LogP) is 2.65. The summed E-state index contributed by atoms with van der Waals surface area (Å²) in [5, 5.41) is 4.61. The molecule has 0 bridgehead atoms. The molecule has 0 aliphatic heterocycles. The maximum Gasteiger partial charge on any atom is 0.331 e. The van der Waals surface area contributed by atoms with Crippen molar-refractivity contribution < 1.29 is 28.5 Å². The molecule has 0 spiro atoms. The van der Waals surface area contributed by atoms with Crippen molar-refractivity contribution in [3.8, 4) is 17.2 Å². The Morgan fingerprint density at radius 2 is 1.81 bits per heavy atom. The molecule has 0 fully saturated rings. The van der Waals surface area contributed by atoms with E-state index in [0.717, 1.165) is 4.88 Å². The van der Waals surface area contributed by atoms with E-state index in [0.29, 0.717) is 29.4 Å². The van der Waals surface area contributed by atoms with Gasteiger partial charge in [0, 0.05) is 11.0 Å². The minimum Gasteiger partial charge on any atom is -0.493 e. The van der Waals surface area contributed by atoms with Gasteiger partial charge < -0.3 is 24.3 Å². The van der Waals surface area contributed by atoms with Crippen molar-refractivity contribution in [2.75, 3.05) is 27.9 Å². The van der Waals surface area contributed by atoms with Crippen LogP contribution in [0.25, 0.3) is 6.08 Å². The van der Waals surface area contributed by atoms with Gasteiger partial charge in [-0.25, -0.2) is 4.79 Å². The third-order valence-electron chi connectivity index (χ3n) is 3.48. The monoisotopic (exact) mass is 391 g/mol. The fourth-order valence-corrected chi connectivity index (χ4v) is 2.84. The van der Waals surface area contributed by atoms with Crippen LogP contribution in [0.2, 0.25) is 0 Å². The Labute approximate surface area is 161 Å². The molecule has 7 nitrogen and oxygen atoms in total. The summed E-state index contributed by atoms with van der Waals surface area (Å²) >= 11 is 1.54. The zero-order valence-corrected chi connectivity index (χ0v) is 16.1. The van der Waals surface area contributed by atoms with E-state index in [9.17, 15) is 9.59 Å². The molecule has 0 aliphatic rings. The van der Waals surface area contributed by atoms with Crippen molar-refractivity contribution >= 4 is 29.3 Å². The Morgan fingerprint density at radius 3 is 2.37 bits per heavy atom. The number of benzene rings is 1. The van der Waals surface area contributed by atoms with Crippen LogP contribution in [0.5, 0.6) is 17.2 Å². The molecule has 0 unspecified atom stereocenters. The largest absolute Gasteiger partial charge is 0.493 e. The number of ether oxygens (including phenoxy) is 4. The van der Waals surface area contributed by atoms with E-state index in [2.05, 4.69) is 5.32 Å². The molecular weight excluding hydrogens is 370 g/mol. The Hall–Kier alpha value is -3.00. The van der Waals surface area contributed by atoms with Crippen LogP contribution in [-0.2, 0) is 20.9 Å². The lowest BCUT2D eigenvalue weighted by molar-refractivity contribution is -0.143. The van der Waals surface area contributed by atoms with Crippen molar-refractivity contribution in [3.05, 3.63) is 46.2 Å². The van der Waals surface area contributed by atoms with E-state index in [1.165, 1.54) is 33.5 Å². The van der Waals surface area contributed by atoms with Crippen LogP contribution >= 0.6 is 11.3 Å². The number of carbonyl (C=O) groups excluding carboxylic acids is 2. The van der Waals surface area contributed by atoms with Gasteiger partial charge in [-0.1, -0.05) is 6.07 Å². The third-order valence-corrected chi connectivity index (χ3v) is 4.36. The summed E-state index contributed by atoms with van der Waals surface area (Å²) in [4.78, 5) is 24.5. The number of nitrogens with one attached hydrogen (secondary N) is 1. The average Bonchev–Trinajstić information content (AvgIpc) is 3.21. The summed E-state index contributed by atoms with van der Waals surface area (Å²) in [6.07, 6.45) is 2.77. The smallest absolute Gasteiger partial charge is 0.331 e. The maximum absolute atomic E-state index is 11.8. The summed E-state index contributed by atoms with van der Waals surface area (Å²) < 4.78 is 20.7. The molecule has 0 saturated heterocycles. The fourth-order valence-electron chi connectivity index (χ4n) is 2.20. The van der Waals surface area contributed by atoms with Crippen LogP contribution in [0.3, 0.4) is 0 Å². The van der Waals surface area contributed by atoms with Gasteiger partial charge in [0.25, 0.3) is 5.91 Å². The minimum absolute atomic E-state index is 0.343. The molecule has 0 atom stereocenters. The first-order valence-electron chi connectivity index (χ1n) is 8.01. The van der Waals surface area contributed by atoms with E-state index >= 15 is 0 Å². The van der Waals surface area contributed by atoms with Gasteiger partial charge in [0.2, 0.25) is 5.75 Å². The zero-order chi connectivity index (χ0) is 19.6. The summed E-state index contributed by atoms with van der Waals surface area (Å²) in [5.74, 6) is 0.408. The highest BCUT2D eigenvalue weighted by Crippen LogP contribution is 2.38. The van der Waals surface area contributed by atoms with Gasteiger partial charge in [-0.2, -0.15) is 0 Å². The quantitative estimate of drug-likeness (QED) is 0.523. The third kappa shape index (κ3) is 6.03. The molecule has 8 heteroatoms. The standard InChI is InChI=1S/C19H21NO6S/c1-23-15-9-13(10-16(24-2)19(15)25-3)6-7-18(22)26-12-17(21)20-11-14-5-4-8-27-14/h4-10H,11-12H2,1-3H3,(H,20,21)/b7-6+. The molecule has 1 N–H and O–H groups in total. The van der Waals surface area contributed by atoms with Crippen LogP contribution in [0.1, 0.15) is 10.4 Å². The number of hydrogen-bond acceptors (Lipinski definition) is 7. The molecule has 2 aromatic rings. The highest BCUT2D eigenvalue weighted by molar-refractivity contribution is 7.09. The predicted molar refractivity (Wildman–Crippen MR) is 102 cm³/mol. The molecule has 1 aromatic heterocycles.